The van der Waals surface area contributed by atoms with E-state index >= 15 is 0 Å². The molecule has 0 aliphatic rings. The van der Waals surface area contributed by atoms with Gasteiger partial charge in [0.15, 0.2) is 0 Å². The molecular weight excluding hydrogens is 550 g/mol. The minimum absolute atomic E-state index is 0.265. The standard InChI is InChI=1S/C34H50ClN3O4/c1-20(2)15-16-25(8)38(32(40)28(21(3)4)37-33(41)42-34(9,10)11)30(26-18-22(5)17-23(6)19-26)31(39)36-29-24(7)13-12-14-27(29)35/h12-14,17-21,25,28,30H,15-16H2,1-11H3,(H,36,39)(H,37,41). The number of amides is 3. The van der Waals surface area contributed by atoms with Crippen molar-refractivity contribution < 1.29 is 19.1 Å². The van der Waals surface area contributed by atoms with Crippen molar-refractivity contribution in [2.75, 3.05) is 5.32 Å². The fraction of sp³-hybridized carbons (Fsp3) is 0.559. The largest absolute Gasteiger partial charge is 0.444 e. The summed E-state index contributed by atoms with van der Waals surface area (Å²) in [5.41, 5.74) is 3.24. The lowest BCUT2D eigenvalue weighted by Gasteiger charge is -2.40. The van der Waals surface area contributed by atoms with E-state index < -0.39 is 23.8 Å². The van der Waals surface area contributed by atoms with Gasteiger partial charge in [0.25, 0.3) is 5.91 Å². The van der Waals surface area contributed by atoms with Gasteiger partial charge in [-0.2, -0.15) is 0 Å². The van der Waals surface area contributed by atoms with Crippen LogP contribution >= 0.6 is 11.6 Å². The molecule has 3 atom stereocenters. The number of anilines is 1. The van der Waals surface area contributed by atoms with Crippen molar-refractivity contribution in [1.29, 1.82) is 0 Å². The quantitative estimate of drug-likeness (QED) is 0.273. The van der Waals surface area contributed by atoms with E-state index in [4.69, 9.17) is 16.3 Å². The Hall–Kier alpha value is -3.06. The number of hydrogen-bond donors (Lipinski definition) is 2. The van der Waals surface area contributed by atoms with Crippen LogP contribution < -0.4 is 10.6 Å². The van der Waals surface area contributed by atoms with Gasteiger partial charge in [-0.05, 0) is 90.3 Å². The summed E-state index contributed by atoms with van der Waals surface area (Å²) in [5, 5.41) is 6.25. The van der Waals surface area contributed by atoms with E-state index in [1.54, 1.807) is 31.7 Å². The zero-order valence-electron chi connectivity index (χ0n) is 27.2. The van der Waals surface area contributed by atoms with Crippen LogP contribution in [-0.2, 0) is 14.3 Å². The van der Waals surface area contributed by atoms with Gasteiger partial charge in [0.1, 0.15) is 17.7 Å². The van der Waals surface area contributed by atoms with Gasteiger partial charge < -0.3 is 20.3 Å². The van der Waals surface area contributed by atoms with Gasteiger partial charge in [-0.15, -0.1) is 0 Å². The van der Waals surface area contributed by atoms with Crippen LogP contribution in [0.15, 0.2) is 36.4 Å². The molecule has 0 heterocycles. The van der Waals surface area contributed by atoms with Crippen molar-refractivity contribution in [1.82, 2.24) is 10.2 Å². The number of para-hydroxylation sites is 1. The van der Waals surface area contributed by atoms with E-state index in [1.165, 1.54) is 0 Å². The van der Waals surface area contributed by atoms with Crippen molar-refractivity contribution in [3.63, 3.8) is 0 Å². The van der Waals surface area contributed by atoms with E-state index in [0.29, 0.717) is 28.6 Å². The Bertz CT molecular complexity index is 1210. The summed E-state index contributed by atoms with van der Waals surface area (Å²) in [4.78, 5) is 43.5. The molecule has 7 nitrogen and oxygen atoms in total. The van der Waals surface area contributed by atoms with Crippen LogP contribution in [-0.4, -0.2) is 40.5 Å². The van der Waals surface area contributed by atoms with Crippen LogP contribution in [0.2, 0.25) is 5.02 Å². The molecule has 3 unspecified atom stereocenters. The molecule has 2 aromatic carbocycles. The van der Waals surface area contributed by atoms with Crippen LogP contribution in [0.5, 0.6) is 0 Å². The Kier molecular flexibility index (Phi) is 12.5. The first kappa shape index (κ1) is 35.1. The third-order valence-corrected chi connectivity index (χ3v) is 7.37. The highest BCUT2D eigenvalue weighted by atomic mass is 35.5. The molecule has 8 heteroatoms. The average Bonchev–Trinajstić information content (AvgIpc) is 2.84. The molecule has 0 bridgehead atoms. The molecule has 2 N–H and O–H groups in total. The zero-order valence-corrected chi connectivity index (χ0v) is 28.0. The normalized spacial score (nSPS) is 13.9. The summed E-state index contributed by atoms with van der Waals surface area (Å²) in [6, 6.07) is 9.14. The fourth-order valence-corrected chi connectivity index (χ4v) is 5.28. The molecule has 0 saturated carbocycles. The van der Waals surface area contributed by atoms with Gasteiger partial charge in [0.05, 0.1) is 10.7 Å². The number of nitrogens with zero attached hydrogens (tertiary/aromatic N) is 1. The number of hydrogen-bond acceptors (Lipinski definition) is 4. The fourth-order valence-electron chi connectivity index (χ4n) is 5.01. The summed E-state index contributed by atoms with van der Waals surface area (Å²) in [6.45, 7) is 21.1. The molecular formula is C34H50ClN3O4. The van der Waals surface area contributed by atoms with Gasteiger partial charge in [0.2, 0.25) is 5.91 Å². The Morgan fingerprint density at radius 1 is 0.929 bits per heavy atom. The van der Waals surface area contributed by atoms with Gasteiger partial charge in [-0.25, -0.2) is 4.79 Å². The minimum atomic E-state index is -0.976. The number of halogens is 1. The summed E-state index contributed by atoms with van der Waals surface area (Å²) in [7, 11) is 0. The number of carbonyl (C=O) groups excluding carboxylic acids is 3. The minimum Gasteiger partial charge on any atom is -0.444 e. The lowest BCUT2D eigenvalue weighted by Crippen LogP contribution is -2.56. The summed E-state index contributed by atoms with van der Waals surface area (Å²) < 4.78 is 5.50. The second-order valence-electron chi connectivity index (χ2n) is 13.2. The number of nitrogens with one attached hydrogen (secondary N) is 2. The molecule has 0 aromatic heterocycles. The number of carbonyl (C=O) groups is 3. The maximum atomic E-state index is 14.6. The predicted molar refractivity (Wildman–Crippen MR) is 172 cm³/mol. The zero-order chi connectivity index (χ0) is 31.9. The molecule has 42 heavy (non-hydrogen) atoms. The summed E-state index contributed by atoms with van der Waals surface area (Å²) >= 11 is 6.51. The van der Waals surface area contributed by atoms with Gasteiger partial charge in [-0.3, -0.25) is 9.59 Å². The average molecular weight is 600 g/mol. The third-order valence-electron chi connectivity index (χ3n) is 7.05. The highest BCUT2D eigenvalue weighted by Gasteiger charge is 2.40. The topological polar surface area (TPSA) is 87.7 Å². The van der Waals surface area contributed by atoms with Crippen LogP contribution in [0.4, 0.5) is 10.5 Å². The third kappa shape index (κ3) is 10.0. The first-order valence-electron chi connectivity index (χ1n) is 14.9. The molecule has 0 aliphatic carbocycles. The van der Waals surface area contributed by atoms with Gasteiger partial charge >= 0.3 is 6.09 Å². The maximum absolute atomic E-state index is 14.6. The molecule has 0 saturated heterocycles. The van der Waals surface area contributed by atoms with Crippen molar-refractivity contribution in [3.05, 3.63) is 63.7 Å². The highest BCUT2D eigenvalue weighted by molar-refractivity contribution is 6.34. The smallest absolute Gasteiger partial charge is 0.408 e. The highest BCUT2D eigenvalue weighted by Crippen LogP contribution is 2.33. The van der Waals surface area contributed by atoms with E-state index in [9.17, 15) is 14.4 Å². The molecule has 0 fully saturated rings. The first-order chi connectivity index (χ1) is 19.4. The number of aryl methyl sites for hydroxylation is 3. The Morgan fingerprint density at radius 3 is 2.02 bits per heavy atom. The molecule has 2 aromatic rings. The molecule has 232 valence electrons. The number of ether oxygens (including phenoxy) is 1. The van der Waals surface area contributed by atoms with E-state index in [1.807, 2.05) is 71.9 Å². The van der Waals surface area contributed by atoms with E-state index in [-0.39, 0.29) is 23.8 Å². The first-order valence-corrected chi connectivity index (χ1v) is 15.2. The van der Waals surface area contributed by atoms with E-state index in [2.05, 4.69) is 24.5 Å². The Balaban J connectivity index is 2.71. The molecule has 0 radical (unpaired) electrons. The van der Waals surface area contributed by atoms with Crippen LogP contribution in [0.1, 0.15) is 96.5 Å². The second-order valence-corrected chi connectivity index (χ2v) is 13.6. The number of alkyl carbamates (subject to hydrolysis) is 1. The summed E-state index contributed by atoms with van der Waals surface area (Å²) in [6.07, 6.45) is 0.866. The number of rotatable bonds is 11. The van der Waals surface area contributed by atoms with Crippen LogP contribution in [0, 0.1) is 32.6 Å². The molecule has 2 rings (SSSR count). The SMILES string of the molecule is Cc1cc(C)cc(C(C(=O)Nc2c(C)cccc2Cl)N(C(=O)C(NC(=O)OC(C)(C)C)C(C)C)C(C)CCC(C)C)c1. The van der Waals surface area contributed by atoms with E-state index in [0.717, 1.165) is 23.1 Å². The lowest BCUT2D eigenvalue weighted by atomic mass is 9.93. The summed E-state index contributed by atoms with van der Waals surface area (Å²) in [5.74, 6) is -0.578. The Labute approximate surface area is 257 Å². The molecule has 0 spiro atoms. The molecule has 3 amide bonds. The number of benzene rings is 2. The van der Waals surface area contributed by atoms with Crippen molar-refractivity contribution in [2.24, 2.45) is 11.8 Å². The monoisotopic (exact) mass is 599 g/mol. The van der Waals surface area contributed by atoms with Crippen LogP contribution in [0.25, 0.3) is 0 Å². The predicted octanol–water partition coefficient (Wildman–Crippen LogP) is 8.15. The molecule has 0 aliphatic heterocycles. The van der Waals surface area contributed by atoms with Gasteiger partial charge in [-0.1, -0.05) is 80.8 Å². The lowest BCUT2D eigenvalue weighted by molar-refractivity contribution is -0.144. The second kappa shape index (κ2) is 14.9. The maximum Gasteiger partial charge on any atom is 0.408 e. The Morgan fingerprint density at radius 2 is 1.52 bits per heavy atom. The van der Waals surface area contributed by atoms with Crippen molar-refractivity contribution >= 4 is 35.2 Å². The van der Waals surface area contributed by atoms with Crippen molar-refractivity contribution in [2.45, 2.75) is 113 Å². The van der Waals surface area contributed by atoms with Crippen molar-refractivity contribution in [3.8, 4) is 0 Å². The van der Waals surface area contributed by atoms with Crippen LogP contribution in [0.3, 0.4) is 0 Å². The van der Waals surface area contributed by atoms with Gasteiger partial charge in [0, 0.05) is 6.04 Å².